The zero-order valence-electron chi connectivity index (χ0n) is 10.3. The van der Waals surface area contributed by atoms with Crippen molar-refractivity contribution in [3.8, 4) is 5.75 Å². The molecule has 1 atom stereocenters. The molecule has 0 fully saturated rings. The van der Waals surface area contributed by atoms with Crippen LogP contribution in [-0.4, -0.2) is 12.2 Å². The maximum Gasteiger partial charge on any atom is 0.160 e. The Hall–Kier alpha value is -1.36. The molecule has 2 rings (SSSR count). The van der Waals surface area contributed by atoms with E-state index in [1.165, 1.54) is 19.2 Å². The van der Waals surface area contributed by atoms with Gasteiger partial charge in [-0.25, -0.2) is 8.78 Å². The van der Waals surface area contributed by atoms with E-state index >= 15 is 0 Å². The number of aliphatic hydroxyl groups excluding tert-OH is 1. The fourth-order valence-corrected chi connectivity index (χ4v) is 2.24. The molecule has 1 N–H and O–H groups in total. The lowest BCUT2D eigenvalue weighted by atomic mass is 10.0. The summed E-state index contributed by atoms with van der Waals surface area (Å²) in [6, 6.07) is 6.27. The largest absolute Gasteiger partial charge is 0.496 e. The molecule has 0 aliphatic heterocycles. The van der Waals surface area contributed by atoms with Crippen LogP contribution in [0.5, 0.6) is 5.75 Å². The van der Waals surface area contributed by atoms with Gasteiger partial charge >= 0.3 is 0 Å². The Kier molecular flexibility index (Phi) is 4.48. The molecule has 0 aliphatic rings. The molecule has 2 aromatic rings. The smallest absolute Gasteiger partial charge is 0.160 e. The van der Waals surface area contributed by atoms with Crippen molar-refractivity contribution in [3.05, 3.63) is 63.1 Å². The minimum atomic E-state index is -1.26. The van der Waals surface area contributed by atoms with Crippen LogP contribution in [0, 0.1) is 11.6 Å². The molecule has 0 saturated carbocycles. The van der Waals surface area contributed by atoms with Gasteiger partial charge in [0.25, 0.3) is 0 Å². The van der Waals surface area contributed by atoms with E-state index in [1.807, 2.05) is 0 Å². The molecule has 1 unspecified atom stereocenters. The van der Waals surface area contributed by atoms with Crippen molar-refractivity contribution in [2.75, 3.05) is 7.11 Å². The molecule has 0 spiro atoms. The zero-order valence-corrected chi connectivity index (χ0v) is 11.8. The third-order valence-corrected chi connectivity index (χ3v) is 3.39. The van der Waals surface area contributed by atoms with Gasteiger partial charge in [0.1, 0.15) is 11.9 Å². The van der Waals surface area contributed by atoms with E-state index < -0.39 is 17.7 Å². The van der Waals surface area contributed by atoms with Gasteiger partial charge in [0.2, 0.25) is 0 Å². The van der Waals surface area contributed by atoms with Gasteiger partial charge in [-0.2, -0.15) is 0 Å². The summed E-state index contributed by atoms with van der Waals surface area (Å²) in [4.78, 5) is 0. The van der Waals surface area contributed by atoms with Crippen molar-refractivity contribution < 1.29 is 18.6 Å². The van der Waals surface area contributed by atoms with Crippen molar-refractivity contribution in [2.45, 2.75) is 6.10 Å². The van der Waals surface area contributed by atoms with Crippen LogP contribution in [0.1, 0.15) is 17.2 Å². The average Bonchev–Trinajstić information content (AvgIpc) is 2.42. The molecule has 2 nitrogen and oxygen atoms in total. The number of benzene rings is 2. The minimum Gasteiger partial charge on any atom is -0.496 e. The number of aliphatic hydroxyl groups is 1. The molecule has 0 aromatic heterocycles. The number of hydrogen-bond acceptors (Lipinski definition) is 2. The van der Waals surface area contributed by atoms with Crippen molar-refractivity contribution in [1.29, 1.82) is 0 Å². The van der Waals surface area contributed by atoms with Gasteiger partial charge in [-0.15, -0.1) is 0 Å². The first-order valence-corrected chi connectivity index (χ1v) is 6.35. The Morgan fingerprint density at radius 2 is 1.70 bits per heavy atom. The molecule has 0 heterocycles. The van der Waals surface area contributed by atoms with Crippen LogP contribution in [0.3, 0.4) is 0 Å². The van der Waals surface area contributed by atoms with Crippen LogP contribution in [0.15, 0.2) is 30.3 Å². The van der Waals surface area contributed by atoms with Gasteiger partial charge in [-0.3, -0.25) is 0 Å². The number of halogens is 4. The Morgan fingerprint density at radius 1 is 1.05 bits per heavy atom. The zero-order chi connectivity index (χ0) is 14.9. The Bertz CT molecular complexity index is 647. The molecule has 0 bridgehead atoms. The highest BCUT2D eigenvalue weighted by molar-refractivity contribution is 6.31. The molecular formula is C14H10Cl2F2O2. The van der Waals surface area contributed by atoms with Gasteiger partial charge in [-0.05, 0) is 24.3 Å². The van der Waals surface area contributed by atoms with Crippen molar-refractivity contribution >= 4 is 23.2 Å². The van der Waals surface area contributed by atoms with Gasteiger partial charge < -0.3 is 9.84 Å². The van der Waals surface area contributed by atoms with E-state index in [0.29, 0.717) is 16.3 Å². The molecular weight excluding hydrogens is 309 g/mol. The second-order valence-corrected chi connectivity index (χ2v) is 4.92. The van der Waals surface area contributed by atoms with Gasteiger partial charge in [0, 0.05) is 21.2 Å². The van der Waals surface area contributed by atoms with Gasteiger partial charge in [0.05, 0.1) is 7.11 Å². The summed E-state index contributed by atoms with van der Waals surface area (Å²) >= 11 is 11.7. The molecule has 0 radical (unpaired) electrons. The summed E-state index contributed by atoms with van der Waals surface area (Å²) in [5.74, 6) is -1.84. The summed E-state index contributed by atoms with van der Waals surface area (Å²) in [5, 5.41) is 10.6. The monoisotopic (exact) mass is 318 g/mol. The van der Waals surface area contributed by atoms with E-state index in [9.17, 15) is 13.9 Å². The highest BCUT2D eigenvalue weighted by Crippen LogP contribution is 2.35. The van der Waals surface area contributed by atoms with Crippen molar-refractivity contribution in [2.24, 2.45) is 0 Å². The molecule has 20 heavy (non-hydrogen) atoms. The average molecular weight is 319 g/mol. The first-order valence-electron chi connectivity index (χ1n) is 5.60. The number of rotatable bonds is 3. The highest BCUT2D eigenvalue weighted by atomic mass is 35.5. The molecule has 0 amide bonds. The Morgan fingerprint density at radius 3 is 2.35 bits per heavy atom. The molecule has 106 valence electrons. The lowest BCUT2D eigenvalue weighted by Crippen LogP contribution is -2.04. The van der Waals surface area contributed by atoms with Gasteiger partial charge in [0.15, 0.2) is 11.6 Å². The predicted molar refractivity (Wildman–Crippen MR) is 73.4 cm³/mol. The van der Waals surface area contributed by atoms with Crippen LogP contribution in [0.25, 0.3) is 0 Å². The highest BCUT2D eigenvalue weighted by Gasteiger charge is 2.20. The summed E-state index contributed by atoms with van der Waals surface area (Å²) in [6.45, 7) is 0. The van der Waals surface area contributed by atoms with E-state index in [0.717, 1.165) is 12.1 Å². The molecule has 0 aliphatic carbocycles. The second kappa shape index (κ2) is 5.95. The SMILES string of the molecule is COc1cc(Cl)ccc1C(O)c1cc(F)c(F)cc1Cl. The molecule has 6 heteroatoms. The topological polar surface area (TPSA) is 29.5 Å². The standard InChI is InChI=1S/C14H10Cl2F2O2/c1-20-13-4-7(15)2-3-8(13)14(19)9-5-11(17)12(18)6-10(9)16/h2-6,14,19H,1H3. The van der Waals surface area contributed by atoms with E-state index in [1.54, 1.807) is 6.07 Å². The first-order chi connectivity index (χ1) is 9.43. The summed E-state index contributed by atoms with van der Waals surface area (Å²) in [7, 11) is 1.41. The maximum atomic E-state index is 13.3. The normalized spacial score (nSPS) is 12.3. The maximum absolute atomic E-state index is 13.3. The lowest BCUT2D eigenvalue weighted by Gasteiger charge is -2.17. The Labute approximate surface area is 124 Å². The lowest BCUT2D eigenvalue weighted by molar-refractivity contribution is 0.214. The number of methoxy groups -OCH3 is 1. The molecule has 2 aromatic carbocycles. The van der Waals surface area contributed by atoms with E-state index in [2.05, 4.69) is 0 Å². The molecule has 0 saturated heterocycles. The van der Waals surface area contributed by atoms with E-state index in [-0.39, 0.29) is 10.6 Å². The van der Waals surface area contributed by atoms with E-state index in [4.69, 9.17) is 27.9 Å². The minimum absolute atomic E-state index is 0.0474. The third-order valence-electron chi connectivity index (χ3n) is 2.82. The fourth-order valence-electron chi connectivity index (χ4n) is 1.83. The number of hydrogen-bond donors (Lipinski definition) is 1. The summed E-state index contributed by atoms with van der Waals surface area (Å²) in [6.07, 6.45) is -1.26. The summed E-state index contributed by atoms with van der Waals surface area (Å²) in [5.41, 5.74) is 0.399. The Balaban J connectivity index is 2.51. The fraction of sp³-hybridized carbons (Fsp3) is 0.143. The van der Waals surface area contributed by atoms with Crippen molar-refractivity contribution in [1.82, 2.24) is 0 Å². The van der Waals surface area contributed by atoms with Crippen LogP contribution < -0.4 is 4.74 Å². The van der Waals surface area contributed by atoms with Crippen LogP contribution in [-0.2, 0) is 0 Å². The first kappa shape index (κ1) is 15.0. The van der Waals surface area contributed by atoms with Crippen LogP contribution in [0.4, 0.5) is 8.78 Å². The second-order valence-electron chi connectivity index (χ2n) is 4.08. The third kappa shape index (κ3) is 2.87. The predicted octanol–water partition coefficient (Wildman–Crippen LogP) is 4.36. The number of ether oxygens (including phenoxy) is 1. The quantitative estimate of drug-likeness (QED) is 0.852. The van der Waals surface area contributed by atoms with Crippen LogP contribution in [0.2, 0.25) is 10.0 Å². The van der Waals surface area contributed by atoms with Crippen molar-refractivity contribution in [3.63, 3.8) is 0 Å². The van der Waals surface area contributed by atoms with Crippen LogP contribution >= 0.6 is 23.2 Å². The van der Waals surface area contributed by atoms with Gasteiger partial charge in [-0.1, -0.05) is 29.3 Å². The summed E-state index contributed by atoms with van der Waals surface area (Å²) < 4.78 is 31.4.